The molecule has 0 aromatic rings. The summed E-state index contributed by atoms with van der Waals surface area (Å²) in [5, 5.41) is 5.89. The zero-order valence-corrected chi connectivity index (χ0v) is 7.76. The van der Waals surface area contributed by atoms with Gasteiger partial charge in [0.25, 0.3) is 0 Å². The first-order valence-electron chi connectivity index (χ1n) is 3.58. The normalized spacial score (nSPS) is 12.9. The van der Waals surface area contributed by atoms with E-state index < -0.39 is 0 Å². The number of hydrogen-bond donors (Lipinski definition) is 1. The van der Waals surface area contributed by atoms with E-state index in [0.29, 0.717) is 5.84 Å². The summed E-state index contributed by atoms with van der Waals surface area (Å²) in [7, 11) is 1.89. The van der Waals surface area contributed by atoms with E-state index in [1.165, 1.54) is 6.08 Å². The van der Waals surface area contributed by atoms with Gasteiger partial charge in [0, 0.05) is 12.6 Å². The SMILES string of the molecule is C=C/C(N)=N\N(C)C(C)(C)C. The van der Waals surface area contributed by atoms with Crippen LogP contribution in [0, 0.1) is 0 Å². The standard InChI is InChI=1S/C8H17N3/c1-6-7(9)10-11(5)8(2,3)4/h6H,1H2,2-5H3,(H2,9,10). The minimum atomic E-state index is 0.00757. The van der Waals surface area contributed by atoms with Crippen molar-refractivity contribution in [3.63, 3.8) is 0 Å². The van der Waals surface area contributed by atoms with Crippen LogP contribution in [0.5, 0.6) is 0 Å². The molecule has 0 radical (unpaired) electrons. The highest BCUT2D eigenvalue weighted by Gasteiger charge is 2.14. The molecule has 0 atom stereocenters. The van der Waals surface area contributed by atoms with Crippen LogP contribution in [0.15, 0.2) is 17.8 Å². The monoisotopic (exact) mass is 155 g/mol. The highest BCUT2D eigenvalue weighted by molar-refractivity contribution is 5.90. The number of hydrazone groups is 1. The van der Waals surface area contributed by atoms with Crippen molar-refractivity contribution in [3.8, 4) is 0 Å². The molecule has 0 spiro atoms. The fourth-order valence-electron chi connectivity index (χ4n) is 0.364. The highest BCUT2D eigenvalue weighted by Crippen LogP contribution is 2.09. The Kier molecular flexibility index (Phi) is 3.11. The number of rotatable bonds is 2. The van der Waals surface area contributed by atoms with Crippen LogP contribution in [0.25, 0.3) is 0 Å². The van der Waals surface area contributed by atoms with Crippen LogP contribution in [0.3, 0.4) is 0 Å². The molecule has 0 aliphatic carbocycles. The molecule has 0 aromatic heterocycles. The Labute approximate surface area is 68.6 Å². The van der Waals surface area contributed by atoms with E-state index in [9.17, 15) is 0 Å². The highest BCUT2D eigenvalue weighted by atomic mass is 15.5. The molecule has 0 bridgehead atoms. The van der Waals surface area contributed by atoms with E-state index in [1.54, 1.807) is 0 Å². The maximum atomic E-state index is 5.46. The van der Waals surface area contributed by atoms with Gasteiger partial charge in [0.05, 0.1) is 0 Å². The molecule has 64 valence electrons. The van der Waals surface area contributed by atoms with Gasteiger partial charge in [0.1, 0.15) is 5.84 Å². The fraction of sp³-hybridized carbons (Fsp3) is 0.625. The topological polar surface area (TPSA) is 41.6 Å². The van der Waals surface area contributed by atoms with Crippen LogP contribution in [0.4, 0.5) is 0 Å². The van der Waals surface area contributed by atoms with Crippen LogP contribution < -0.4 is 5.73 Å². The van der Waals surface area contributed by atoms with Gasteiger partial charge in [-0.1, -0.05) is 6.58 Å². The molecule has 3 nitrogen and oxygen atoms in total. The van der Waals surface area contributed by atoms with E-state index in [4.69, 9.17) is 5.73 Å². The van der Waals surface area contributed by atoms with E-state index >= 15 is 0 Å². The van der Waals surface area contributed by atoms with E-state index in [-0.39, 0.29) is 5.54 Å². The predicted octanol–water partition coefficient (Wildman–Crippen LogP) is 1.17. The summed E-state index contributed by atoms with van der Waals surface area (Å²) in [6.07, 6.45) is 1.53. The van der Waals surface area contributed by atoms with Crippen molar-refractivity contribution in [3.05, 3.63) is 12.7 Å². The van der Waals surface area contributed by atoms with Crippen LogP contribution in [-0.2, 0) is 0 Å². The van der Waals surface area contributed by atoms with E-state index in [1.807, 2.05) is 12.1 Å². The van der Waals surface area contributed by atoms with Crippen molar-refractivity contribution in [1.82, 2.24) is 5.01 Å². The van der Waals surface area contributed by atoms with Gasteiger partial charge < -0.3 is 5.73 Å². The summed E-state index contributed by atoms with van der Waals surface area (Å²) in [5.41, 5.74) is 5.47. The Morgan fingerprint density at radius 1 is 1.55 bits per heavy atom. The molecular formula is C8H17N3. The molecule has 0 amide bonds. The van der Waals surface area contributed by atoms with Crippen molar-refractivity contribution < 1.29 is 0 Å². The number of nitrogens with two attached hydrogens (primary N) is 1. The van der Waals surface area contributed by atoms with Crippen molar-refractivity contribution in [2.75, 3.05) is 7.05 Å². The molecule has 0 fully saturated rings. The van der Waals surface area contributed by atoms with Gasteiger partial charge in [-0.05, 0) is 26.8 Å². The number of amidine groups is 1. The smallest absolute Gasteiger partial charge is 0.142 e. The zero-order chi connectivity index (χ0) is 9.07. The van der Waals surface area contributed by atoms with E-state index in [2.05, 4.69) is 32.5 Å². The average Bonchev–Trinajstić information content (AvgIpc) is 1.85. The Balaban J connectivity index is 4.28. The summed E-state index contributed by atoms with van der Waals surface area (Å²) in [4.78, 5) is 0. The van der Waals surface area contributed by atoms with Crippen molar-refractivity contribution in [1.29, 1.82) is 0 Å². The van der Waals surface area contributed by atoms with Crippen molar-refractivity contribution >= 4 is 5.84 Å². The molecule has 0 saturated heterocycles. The summed E-state index contributed by atoms with van der Waals surface area (Å²) in [5.74, 6) is 0.447. The average molecular weight is 155 g/mol. The first kappa shape index (κ1) is 10.0. The molecule has 3 heteroatoms. The van der Waals surface area contributed by atoms with Crippen molar-refractivity contribution in [2.24, 2.45) is 10.8 Å². The molecule has 11 heavy (non-hydrogen) atoms. The summed E-state index contributed by atoms with van der Waals surface area (Å²) in [6.45, 7) is 9.70. The Hall–Kier alpha value is -0.990. The third kappa shape index (κ3) is 3.65. The minimum absolute atomic E-state index is 0.00757. The van der Waals surface area contributed by atoms with Crippen LogP contribution in [0.1, 0.15) is 20.8 Å². The third-order valence-corrected chi connectivity index (χ3v) is 1.45. The summed E-state index contributed by atoms with van der Waals surface area (Å²) in [6, 6.07) is 0. The van der Waals surface area contributed by atoms with Crippen LogP contribution in [-0.4, -0.2) is 23.4 Å². The van der Waals surface area contributed by atoms with Crippen molar-refractivity contribution in [2.45, 2.75) is 26.3 Å². The van der Waals surface area contributed by atoms with Gasteiger partial charge in [-0.2, -0.15) is 5.10 Å². The second-order valence-corrected chi connectivity index (χ2v) is 3.42. The Morgan fingerprint density at radius 3 is 2.27 bits per heavy atom. The first-order valence-corrected chi connectivity index (χ1v) is 3.58. The lowest BCUT2D eigenvalue weighted by Gasteiger charge is -2.29. The largest absolute Gasteiger partial charge is 0.382 e. The molecule has 0 aliphatic rings. The maximum Gasteiger partial charge on any atom is 0.142 e. The number of nitrogens with zero attached hydrogens (tertiary/aromatic N) is 2. The third-order valence-electron chi connectivity index (χ3n) is 1.45. The van der Waals surface area contributed by atoms with Crippen LogP contribution in [0.2, 0.25) is 0 Å². The minimum Gasteiger partial charge on any atom is -0.382 e. The molecule has 0 aromatic carbocycles. The molecule has 0 saturated carbocycles. The summed E-state index contributed by atoms with van der Waals surface area (Å²) < 4.78 is 0. The van der Waals surface area contributed by atoms with Crippen LogP contribution >= 0.6 is 0 Å². The lowest BCUT2D eigenvalue weighted by atomic mass is 10.1. The second kappa shape index (κ2) is 3.42. The van der Waals surface area contributed by atoms with Gasteiger partial charge in [-0.25, -0.2) is 0 Å². The summed E-state index contributed by atoms with van der Waals surface area (Å²) >= 11 is 0. The van der Waals surface area contributed by atoms with Gasteiger partial charge in [0.15, 0.2) is 0 Å². The lowest BCUT2D eigenvalue weighted by molar-refractivity contribution is 0.184. The quantitative estimate of drug-likeness (QED) is 0.369. The van der Waals surface area contributed by atoms with Gasteiger partial charge in [-0.3, -0.25) is 5.01 Å². The van der Waals surface area contributed by atoms with Gasteiger partial charge in [-0.15, -0.1) is 0 Å². The first-order chi connectivity index (χ1) is 4.88. The van der Waals surface area contributed by atoms with Gasteiger partial charge >= 0.3 is 0 Å². The molecular weight excluding hydrogens is 138 g/mol. The second-order valence-electron chi connectivity index (χ2n) is 3.42. The number of hydrogen-bond acceptors (Lipinski definition) is 2. The molecule has 0 aliphatic heterocycles. The van der Waals surface area contributed by atoms with E-state index in [0.717, 1.165) is 0 Å². The molecule has 2 N–H and O–H groups in total. The Morgan fingerprint density at radius 2 is 2.00 bits per heavy atom. The maximum absolute atomic E-state index is 5.46. The molecule has 0 unspecified atom stereocenters. The molecule has 0 heterocycles. The fourth-order valence-corrected chi connectivity index (χ4v) is 0.364. The van der Waals surface area contributed by atoms with Gasteiger partial charge in [0.2, 0.25) is 0 Å². The zero-order valence-electron chi connectivity index (χ0n) is 7.76. The predicted molar refractivity (Wildman–Crippen MR) is 49.3 cm³/mol. The molecule has 0 rings (SSSR count). The lowest BCUT2D eigenvalue weighted by Crippen LogP contribution is -2.35. The Bertz CT molecular complexity index is 165.